The van der Waals surface area contributed by atoms with Gasteiger partial charge in [0.15, 0.2) is 9.09 Å². The Morgan fingerprint density at radius 3 is 2.55 bits per heavy atom. The molecular weight excluding hydrogens is 196 g/mol. The maximum atomic E-state index is 4.96. The topological polar surface area (TPSA) is 16.1 Å². The highest BCUT2D eigenvalue weighted by Gasteiger charge is 2.14. The molecule has 0 aromatic carbocycles. The molecule has 1 aromatic rings. The molecule has 11 heavy (non-hydrogen) atoms. The highest BCUT2D eigenvalue weighted by Crippen LogP contribution is 2.26. The van der Waals surface area contributed by atoms with E-state index in [1.54, 1.807) is 20.7 Å². The van der Waals surface area contributed by atoms with Gasteiger partial charge in [0, 0.05) is 13.1 Å². The number of rotatable bonds is 1. The third kappa shape index (κ3) is 1.60. The molecule has 0 N–H and O–H groups in total. The van der Waals surface area contributed by atoms with E-state index in [-0.39, 0.29) is 0 Å². The van der Waals surface area contributed by atoms with Crippen molar-refractivity contribution < 1.29 is 0 Å². The minimum absolute atomic E-state index is 0.775. The van der Waals surface area contributed by atoms with E-state index < -0.39 is 0 Å². The lowest BCUT2D eigenvalue weighted by Crippen LogP contribution is -2.16. The molecule has 0 atom stereocenters. The summed E-state index contributed by atoms with van der Waals surface area (Å²) in [5, 5.41) is 1.12. The van der Waals surface area contributed by atoms with E-state index in [0.717, 1.165) is 22.2 Å². The lowest BCUT2D eigenvalue weighted by atomic mass is 10.4. The van der Waals surface area contributed by atoms with Crippen LogP contribution >= 0.6 is 32.9 Å². The number of anilines is 1. The van der Waals surface area contributed by atoms with Gasteiger partial charge in [0.05, 0.1) is 0 Å². The molecule has 0 amide bonds. The molecule has 2 rings (SSSR count). The molecule has 1 fully saturated rings. The van der Waals surface area contributed by atoms with E-state index in [2.05, 4.69) is 9.88 Å². The van der Waals surface area contributed by atoms with Crippen LogP contribution in [0.25, 0.3) is 0 Å². The first-order chi connectivity index (χ1) is 5.36. The Balaban J connectivity index is 2.21. The standard InChI is InChI=1S/C6H8N2S3/c9-6-7-5(10-11-6)8-3-1-2-4-8/h1-4H2. The first-order valence-electron chi connectivity index (χ1n) is 3.58. The van der Waals surface area contributed by atoms with Gasteiger partial charge in [-0.05, 0) is 45.7 Å². The SMILES string of the molecule is S=c1nc(N2CCCC2)ss1. The van der Waals surface area contributed by atoms with Crippen LogP contribution in [0.4, 0.5) is 5.13 Å². The van der Waals surface area contributed by atoms with Gasteiger partial charge in [-0.1, -0.05) is 0 Å². The van der Waals surface area contributed by atoms with Gasteiger partial charge in [0.2, 0.25) is 0 Å². The highest BCUT2D eigenvalue weighted by molar-refractivity contribution is 7.79. The smallest absolute Gasteiger partial charge is 0.197 e. The minimum Gasteiger partial charge on any atom is -0.347 e. The fourth-order valence-electron chi connectivity index (χ4n) is 1.22. The molecule has 0 unspecified atom stereocenters. The van der Waals surface area contributed by atoms with E-state index in [0.29, 0.717) is 0 Å². The van der Waals surface area contributed by atoms with Crippen molar-refractivity contribution in [3.05, 3.63) is 3.95 Å². The molecule has 0 radical (unpaired) electrons. The first-order valence-corrected chi connectivity index (χ1v) is 6.14. The largest absolute Gasteiger partial charge is 0.347 e. The van der Waals surface area contributed by atoms with Crippen LogP contribution in [0, 0.1) is 3.95 Å². The first kappa shape index (κ1) is 7.64. The summed E-state index contributed by atoms with van der Waals surface area (Å²) in [6.07, 6.45) is 2.61. The Kier molecular flexibility index (Phi) is 2.20. The third-order valence-electron chi connectivity index (χ3n) is 1.75. The van der Waals surface area contributed by atoms with Gasteiger partial charge in [0.25, 0.3) is 0 Å². The van der Waals surface area contributed by atoms with Crippen LogP contribution in [0.2, 0.25) is 0 Å². The summed E-state index contributed by atoms with van der Waals surface area (Å²) in [5.74, 6) is 0. The third-order valence-corrected chi connectivity index (χ3v) is 4.40. The second-order valence-electron chi connectivity index (χ2n) is 2.52. The zero-order valence-electron chi connectivity index (χ0n) is 5.95. The van der Waals surface area contributed by atoms with Crippen LogP contribution in [0.3, 0.4) is 0 Å². The molecule has 2 heterocycles. The van der Waals surface area contributed by atoms with Gasteiger partial charge >= 0.3 is 0 Å². The van der Waals surface area contributed by atoms with Gasteiger partial charge in [-0.15, -0.1) is 0 Å². The summed E-state index contributed by atoms with van der Waals surface area (Å²) < 4.78 is 0.775. The summed E-state index contributed by atoms with van der Waals surface area (Å²) in [6.45, 7) is 2.32. The number of aromatic nitrogens is 1. The Morgan fingerprint density at radius 1 is 1.27 bits per heavy atom. The fourth-order valence-corrected chi connectivity index (χ4v) is 3.39. The van der Waals surface area contributed by atoms with E-state index in [1.165, 1.54) is 12.8 Å². The van der Waals surface area contributed by atoms with Crippen LogP contribution in [0.5, 0.6) is 0 Å². The van der Waals surface area contributed by atoms with Crippen molar-refractivity contribution in [2.24, 2.45) is 0 Å². The number of nitrogens with zero attached hydrogens (tertiary/aromatic N) is 2. The zero-order valence-corrected chi connectivity index (χ0v) is 8.40. The quantitative estimate of drug-likeness (QED) is 0.516. The fraction of sp³-hybridized carbons (Fsp3) is 0.667. The maximum Gasteiger partial charge on any atom is 0.197 e. The lowest BCUT2D eigenvalue weighted by Gasteiger charge is -2.11. The van der Waals surface area contributed by atoms with Gasteiger partial charge < -0.3 is 4.90 Å². The van der Waals surface area contributed by atoms with Crippen molar-refractivity contribution in [1.82, 2.24) is 4.98 Å². The molecule has 5 heteroatoms. The van der Waals surface area contributed by atoms with Gasteiger partial charge in [-0.3, -0.25) is 0 Å². The van der Waals surface area contributed by atoms with E-state index in [4.69, 9.17) is 12.2 Å². The Hall–Kier alpha value is -0.0000000000000000555. The van der Waals surface area contributed by atoms with Crippen molar-refractivity contribution in [3.63, 3.8) is 0 Å². The number of hydrogen-bond donors (Lipinski definition) is 0. The van der Waals surface area contributed by atoms with E-state index in [1.807, 2.05) is 0 Å². The molecule has 0 spiro atoms. The van der Waals surface area contributed by atoms with Crippen molar-refractivity contribution in [2.45, 2.75) is 12.8 Å². The van der Waals surface area contributed by atoms with E-state index in [9.17, 15) is 0 Å². The molecule has 1 saturated heterocycles. The molecule has 0 aliphatic carbocycles. The second-order valence-corrected chi connectivity index (χ2v) is 5.25. The number of hydrogen-bond acceptors (Lipinski definition) is 5. The average molecular weight is 204 g/mol. The monoisotopic (exact) mass is 204 g/mol. The molecular formula is C6H8N2S3. The summed E-state index contributed by atoms with van der Waals surface area (Å²) in [7, 11) is 3.29. The normalized spacial score (nSPS) is 17.6. The molecule has 1 aromatic heterocycles. The van der Waals surface area contributed by atoms with Crippen LogP contribution in [-0.4, -0.2) is 18.1 Å². The van der Waals surface area contributed by atoms with Crippen LogP contribution in [0.1, 0.15) is 12.8 Å². The van der Waals surface area contributed by atoms with Crippen LogP contribution in [0.15, 0.2) is 0 Å². The van der Waals surface area contributed by atoms with Crippen molar-refractivity contribution >= 4 is 38.0 Å². The Morgan fingerprint density at radius 2 is 2.00 bits per heavy atom. The molecule has 60 valence electrons. The van der Waals surface area contributed by atoms with Crippen LogP contribution in [-0.2, 0) is 0 Å². The molecule has 1 aliphatic rings. The van der Waals surface area contributed by atoms with Gasteiger partial charge in [-0.25, -0.2) is 0 Å². The summed E-state index contributed by atoms with van der Waals surface area (Å²) >= 11 is 4.96. The Labute approximate surface area is 77.9 Å². The maximum absolute atomic E-state index is 4.96. The van der Waals surface area contributed by atoms with Crippen molar-refractivity contribution in [1.29, 1.82) is 0 Å². The molecule has 2 nitrogen and oxygen atoms in total. The highest BCUT2D eigenvalue weighted by atomic mass is 32.9. The average Bonchev–Trinajstić information content (AvgIpc) is 2.55. The van der Waals surface area contributed by atoms with Crippen LogP contribution < -0.4 is 4.90 Å². The lowest BCUT2D eigenvalue weighted by molar-refractivity contribution is 0.949. The second kappa shape index (κ2) is 3.16. The zero-order chi connectivity index (χ0) is 7.68. The summed E-state index contributed by atoms with van der Waals surface area (Å²) in [6, 6.07) is 0. The van der Waals surface area contributed by atoms with Gasteiger partial charge in [-0.2, -0.15) is 4.98 Å². The molecule has 0 saturated carbocycles. The minimum atomic E-state index is 0.775. The van der Waals surface area contributed by atoms with Crippen molar-refractivity contribution in [3.8, 4) is 0 Å². The summed E-state index contributed by atoms with van der Waals surface area (Å²) in [5.41, 5.74) is 0. The Bertz CT molecular complexity index is 284. The van der Waals surface area contributed by atoms with Gasteiger partial charge in [0.1, 0.15) is 0 Å². The molecule has 1 aliphatic heterocycles. The predicted octanol–water partition coefficient (Wildman–Crippen LogP) is 2.53. The van der Waals surface area contributed by atoms with E-state index >= 15 is 0 Å². The predicted molar refractivity (Wildman–Crippen MR) is 52.3 cm³/mol. The van der Waals surface area contributed by atoms with Crippen molar-refractivity contribution in [2.75, 3.05) is 18.0 Å². The summed E-state index contributed by atoms with van der Waals surface area (Å²) in [4.78, 5) is 6.59. The molecule has 0 bridgehead atoms.